The third-order valence-corrected chi connectivity index (χ3v) is 2.59. The quantitative estimate of drug-likeness (QED) is 0.785. The van der Waals surface area contributed by atoms with Crippen molar-refractivity contribution >= 4 is 0 Å². The maximum Gasteiger partial charge on any atom is 0.0609 e. The number of aromatic nitrogens is 2. The molecule has 4 nitrogen and oxygen atoms in total. The van der Waals surface area contributed by atoms with Crippen molar-refractivity contribution in [2.24, 2.45) is 5.73 Å². The normalized spacial score (nSPS) is 17.5. The molecule has 0 aliphatic heterocycles. The Morgan fingerprint density at radius 1 is 1.60 bits per heavy atom. The van der Waals surface area contributed by atoms with Gasteiger partial charge in [-0.15, -0.1) is 0 Å². The molecule has 0 amide bonds. The third-order valence-electron chi connectivity index (χ3n) is 2.59. The highest BCUT2D eigenvalue weighted by Crippen LogP contribution is 2.20. The van der Waals surface area contributed by atoms with Crippen molar-refractivity contribution in [2.75, 3.05) is 6.61 Å². The fraction of sp³-hybridized carbons (Fsp3) is 0.727. The fourth-order valence-corrected chi connectivity index (χ4v) is 1.92. The average Bonchev–Trinajstić information content (AvgIpc) is 2.45. The van der Waals surface area contributed by atoms with E-state index in [0.717, 1.165) is 11.4 Å². The van der Waals surface area contributed by atoms with Crippen molar-refractivity contribution in [2.45, 2.75) is 45.7 Å². The average molecular weight is 211 g/mol. The van der Waals surface area contributed by atoms with E-state index in [9.17, 15) is 0 Å². The van der Waals surface area contributed by atoms with Crippen molar-refractivity contribution in [1.82, 2.24) is 9.78 Å². The Kier molecular flexibility index (Phi) is 3.52. The summed E-state index contributed by atoms with van der Waals surface area (Å²) in [6, 6.07) is 2.25. The standard InChI is InChI=1S/C11H21N3O/c1-8-5-9(2)14(13-8)10(3)6-11(4,12)7-15/h5,10,15H,6-7,12H2,1-4H3. The van der Waals surface area contributed by atoms with E-state index in [1.165, 1.54) is 0 Å². The Morgan fingerprint density at radius 2 is 2.20 bits per heavy atom. The molecule has 1 aromatic heterocycles. The zero-order valence-corrected chi connectivity index (χ0v) is 9.99. The van der Waals surface area contributed by atoms with E-state index >= 15 is 0 Å². The molecule has 2 unspecified atom stereocenters. The van der Waals surface area contributed by atoms with Crippen molar-refractivity contribution in [3.05, 3.63) is 17.5 Å². The number of aliphatic hydroxyl groups is 1. The Hall–Kier alpha value is -0.870. The molecule has 15 heavy (non-hydrogen) atoms. The highest BCUT2D eigenvalue weighted by atomic mass is 16.3. The monoisotopic (exact) mass is 211 g/mol. The van der Waals surface area contributed by atoms with Gasteiger partial charge in [0, 0.05) is 11.2 Å². The molecule has 0 radical (unpaired) electrons. The lowest BCUT2D eigenvalue weighted by Crippen LogP contribution is -2.42. The summed E-state index contributed by atoms with van der Waals surface area (Å²) < 4.78 is 1.97. The Morgan fingerprint density at radius 3 is 2.60 bits per heavy atom. The first-order valence-electron chi connectivity index (χ1n) is 5.28. The van der Waals surface area contributed by atoms with Crippen LogP contribution in [0, 0.1) is 13.8 Å². The highest BCUT2D eigenvalue weighted by molar-refractivity contribution is 5.07. The number of rotatable bonds is 4. The maximum absolute atomic E-state index is 9.11. The first-order valence-corrected chi connectivity index (χ1v) is 5.28. The number of aliphatic hydroxyl groups excluding tert-OH is 1. The summed E-state index contributed by atoms with van der Waals surface area (Å²) in [7, 11) is 0. The minimum absolute atomic E-state index is 0.00333. The second-order valence-electron chi connectivity index (χ2n) is 4.74. The smallest absolute Gasteiger partial charge is 0.0609 e. The van der Waals surface area contributed by atoms with Crippen molar-refractivity contribution in [3.63, 3.8) is 0 Å². The highest BCUT2D eigenvalue weighted by Gasteiger charge is 2.22. The molecule has 1 aromatic rings. The van der Waals surface area contributed by atoms with Crippen molar-refractivity contribution in [1.29, 1.82) is 0 Å². The first kappa shape index (κ1) is 12.2. The van der Waals surface area contributed by atoms with Gasteiger partial charge in [-0.25, -0.2) is 0 Å². The summed E-state index contributed by atoms with van der Waals surface area (Å²) in [5, 5.41) is 13.5. The second kappa shape index (κ2) is 4.33. The molecule has 0 saturated heterocycles. The SMILES string of the molecule is Cc1cc(C)n(C(C)CC(C)(N)CO)n1. The molecule has 0 bridgehead atoms. The molecule has 3 N–H and O–H groups in total. The van der Waals surface area contributed by atoms with Crippen LogP contribution in [0.2, 0.25) is 0 Å². The van der Waals surface area contributed by atoms with Gasteiger partial charge in [0.2, 0.25) is 0 Å². The molecule has 0 saturated carbocycles. The molecule has 0 aromatic carbocycles. The van der Waals surface area contributed by atoms with E-state index in [1.807, 2.05) is 31.5 Å². The van der Waals surface area contributed by atoms with Gasteiger partial charge in [-0.1, -0.05) is 0 Å². The largest absolute Gasteiger partial charge is 0.394 e. The molecule has 86 valence electrons. The predicted octanol–water partition coefficient (Wildman–Crippen LogP) is 1.16. The zero-order valence-electron chi connectivity index (χ0n) is 9.99. The molecule has 2 atom stereocenters. The Balaban J connectivity index is 2.77. The zero-order chi connectivity index (χ0) is 11.6. The van der Waals surface area contributed by atoms with Gasteiger partial charge in [-0.3, -0.25) is 4.68 Å². The lowest BCUT2D eigenvalue weighted by Gasteiger charge is -2.26. The summed E-state index contributed by atoms with van der Waals surface area (Å²) in [6.07, 6.45) is 0.714. The number of aryl methyl sites for hydroxylation is 2. The molecule has 1 rings (SSSR count). The van der Waals surface area contributed by atoms with Crippen LogP contribution in [0.3, 0.4) is 0 Å². The molecule has 0 aliphatic carbocycles. The topological polar surface area (TPSA) is 64.1 Å². The lowest BCUT2D eigenvalue weighted by atomic mass is 9.96. The van der Waals surface area contributed by atoms with Crippen LogP contribution in [0.5, 0.6) is 0 Å². The maximum atomic E-state index is 9.11. The number of nitrogens with zero attached hydrogens (tertiary/aromatic N) is 2. The van der Waals surface area contributed by atoms with Gasteiger partial charge in [0.1, 0.15) is 0 Å². The first-order chi connectivity index (χ1) is 6.85. The van der Waals surface area contributed by atoms with Crippen LogP contribution < -0.4 is 5.73 Å². The van der Waals surface area contributed by atoms with Crippen LogP contribution in [0.25, 0.3) is 0 Å². The third kappa shape index (κ3) is 3.04. The Labute approximate surface area is 91.1 Å². The van der Waals surface area contributed by atoms with Crippen LogP contribution in [-0.4, -0.2) is 27.0 Å². The number of hydrogen-bond donors (Lipinski definition) is 2. The summed E-state index contributed by atoms with van der Waals surface area (Å²) in [5.41, 5.74) is 7.53. The molecule has 0 fully saturated rings. The van der Waals surface area contributed by atoms with Crippen LogP contribution in [0.15, 0.2) is 6.07 Å². The fourth-order valence-electron chi connectivity index (χ4n) is 1.92. The molecule has 4 heteroatoms. The molecule has 0 spiro atoms. The summed E-state index contributed by atoms with van der Waals surface area (Å²) in [5.74, 6) is 0. The van der Waals surface area contributed by atoms with Gasteiger partial charge in [-0.2, -0.15) is 5.10 Å². The van der Waals surface area contributed by atoms with E-state index in [4.69, 9.17) is 10.8 Å². The number of nitrogens with two attached hydrogens (primary N) is 1. The van der Waals surface area contributed by atoms with Crippen LogP contribution >= 0.6 is 0 Å². The van der Waals surface area contributed by atoms with E-state index in [2.05, 4.69) is 12.0 Å². The van der Waals surface area contributed by atoms with Gasteiger partial charge in [0.25, 0.3) is 0 Å². The predicted molar refractivity (Wildman–Crippen MR) is 60.7 cm³/mol. The molecular formula is C11H21N3O. The van der Waals surface area contributed by atoms with E-state index in [-0.39, 0.29) is 12.6 Å². The van der Waals surface area contributed by atoms with E-state index < -0.39 is 5.54 Å². The lowest BCUT2D eigenvalue weighted by molar-refractivity contribution is 0.182. The van der Waals surface area contributed by atoms with Crippen LogP contribution in [0.4, 0.5) is 0 Å². The minimum Gasteiger partial charge on any atom is -0.394 e. The van der Waals surface area contributed by atoms with Gasteiger partial charge in [0.05, 0.1) is 18.3 Å². The van der Waals surface area contributed by atoms with Crippen LogP contribution in [-0.2, 0) is 0 Å². The summed E-state index contributed by atoms with van der Waals surface area (Å²) in [6.45, 7) is 7.93. The molecular weight excluding hydrogens is 190 g/mol. The molecule has 0 aliphatic rings. The van der Waals surface area contributed by atoms with Crippen molar-refractivity contribution in [3.8, 4) is 0 Å². The minimum atomic E-state index is -0.536. The van der Waals surface area contributed by atoms with Crippen LogP contribution in [0.1, 0.15) is 37.7 Å². The van der Waals surface area contributed by atoms with Gasteiger partial charge >= 0.3 is 0 Å². The van der Waals surface area contributed by atoms with Gasteiger partial charge in [-0.05, 0) is 40.2 Å². The van der Waals surface area contributed by atoms with E-state index in [1.54, 1.807) is 0 Å². The number of hydrogen-bond acceptors (Lipinski definition) is 3. The van der Waals surface area contributed by atoms with Crippen molar-refractivity contribution < 1.29 is 5.11 Å². The van der Waals surface area contributed by atoms with Gasteiger partial charge in [0.15, 0.2) is 0 Å². The van der Waals surface area contributed by atoms with Gasteiger partial charge < -0.3 is 10.8 Å². The molecule has 1 heterocycles. The summed E-state index contributed by atoms with van der Waals surface area (Å²) in [4.78, 5) is 0. The van der Waals surface area contributed by atoms with E-state index in [0.29, 0.717) is 6.42 Å². The second-order valence-corrected chi connectivity index (χ2v) is 4.74. The summed E-state index contributed by atoms with van der Waals surface area (Å²) >= 11 is 0. The Bertz CT molecular complexity index is 331.